The number of carbonyl (C=O) groups excluding carboxylic acids is 1. The van der Waals surface area contributed by atoms with Gasteiger partial charge in [-0.3, -0.25) is 4.79 Å². The molecule has 1 amide bonds. The minimum Gasteiger partial charge on any atom is -0.478 e. The molecule has 0 bridgehead atoms. The van der Waals surface area contributed by atoms with Crippen molar-refractivity contribution in [3.63, 3.8) is 0 Å². The Bertz CT molecular complexity index is 517. The van der Waals surface area contributed by atoms with Crippen LogP contribution in [0.15, 0.2) is 0 Å². The van der Waals surface area contributed by atoms with Gasteiger partial charge in [0.15, 0.2) is 5.69 Å². The van der Waals surface area contributed by atoms with Gasteiger partial charge in [-0.05, 0) is 18.8 Å². The van der Waals surface area contributed by atoms with Crippen molar-refractivity contribution >= 4 is 5.91 Å². The molecule has 1 atom stereocenters. The van der Waals surface area contributed by atoms with Gasteiger partial charge < -0.3 is 15.2 Å². The Morgan fingerprint density at radius 2 is 2.24 bits per heavy atom. The standard InChI is InChI=1S/C15H25N3O3/c1-10-12(17-18-8-5-9-21-14(10)18)13(20)16-7-6-11(19)15(2,3)4/h11,19H,5-9H2,1-4H3,(H,16,20). The summed E-state index contributed by atoms with van der Waals surface area (Å²) in [6, 6.07) is 0. The van der Waals surface area contributed by atoms with Gasteiger partial charge in [0.25, 0.3) is 5.91 Å². The van der Waals surface area contributed by atoms with Crippen LogP contribution in [0.3, 0.4) is 0 Å². The maximum Gasteiger partial charge on any atom is 0.272 e. The average molecular weight is 295 g/mol. The van der Waals surface area contributed by atoms with E-state index in [1.807, 2.05) is 27.7 Å². The van der Waals surface area contributed by atoms with E-state index in [1.165, 1.54) is 0 Å². The molecule has 1 aromatic rings. The predicted octanol–water partition coefficient (Wildman–Crippen LogP) is 1.50. The van der Waals surface area contributed by atoms with Crippen molar-refractivity contribution in [3.05, 3.63) is 11.3 Å². The number of hydrogen-bond donors (Lipinski definition) is 2. The molecule has 0 fully saturated rings. The summed E-state index contributed by atoms with van der Waals surface area (Å²) in [6.45, 7) is 9.67. The molecule has 0 spiro atoms. The van der Waals surface area contributed by atoms with Gasteiger partial charge in [0, 0.05) is 25.1 Å². The Hall–Kier alpha value is -1.56. The van der Waals surface area contributed by atoms with Crippen LogP contribution >= 0.6 is 0 Å². The fourth-order valence-electron chi connectivity index (χ4n) is 2.31. The molecule has 2 rings (SSSR count). The summed E-state index contributed by atoms with van der Waals surface area (Å²) in [5.74, 6) is 0.486. The number of rotatable bonds is 4. The predicted molar refractivity (Wildman–Crippen MR) is 79.5 cm³/mol. The van der Waals surface area contributed by atoms with E-state index in [-0.39, 0.29) is 11.3 Å². The summed E-state index contributed by atoms with van der Waals surface area (Å²) in [4.78, 5) is 12.2. The number of carbonyl (C=O) groups is 1. The Morgan fingerprint density at radius 1 is 1.52 bits per heavy atom. The molecule has 2 heterocycles. The zero-order valence-electron chi connectivity index (χ0n) is 13.3. The third kappa shape index (κ3) is 3.56. The van der Waals surface area contributed by atoms with E-state index in [4.69, 9.17) is 4.74 Å². The van der Waals surface area contributed by atoms with E-state index in [9.17, 15) is 9.90 Å². The highest BCUT2D eigenvalue weighted by molar-refractivity contribution is 5.94. The van der Waals surface area contributed by atoms with Crippen LogP contribution in [0, 0.1) is 12.3 Å². The second-order valence-electron chi connectivity index (χ2n) is 6.63. The lowest BCUT2D eigenvalue weighted by Crippen LogP contribution is -2.33. The molecule has 0 aliphatic carbocycles. The summed E-state index contributed by atoms with van der Waals surface area (Å²) in [6.07, 6.45) is 0.989. The molecular formula is C15H25N3O3. The summed E-state index contributed by atoms with van der Waals surface area (Å²) in [7, 11) is 0. The zero-order valence-corrected chi connectivity index (χ0v) is 13.3. The molecule has 118 valence electrons. The quantitative estimate of drug-likeness (QED) is 0.882. The maximum absolute atomic E-state index is 12.2. The molecule has 6 heteroatoms. The van der Waals surface area contributed by atoms with E-state index >= 15 is 0 Å². The largest absolute Gasteiger partial charge is 0.478 e. The van der Waals surface area contributed by atoms with Gasteiger partial charge >= 0.3 is 0 Å². The van der Waals surface area contributed by atoms with Crippen LogP contribution in [-0.2, 0) is 6.54 Å². The van der Waals surface area contributed by atoms with Crippen molar-refractivity contribution in [2.24, 2.45) is 5.41 Å². The van der Waals surface area contributed by atoms with Gasteiger partial charge in [-0.25, -0.2) is 4.68 Å². The monoisotopic (exact) mass is 295 g/mol. The van der Waals surface area contributed by atoms with E-state index in [0.717, 1.165) is 18.5 Å². The SMILES string of the molecule is Cc1c(C(=O)NCCC(O)C(C)(C)C)nn2c1OCCC2. The summed E-state index contributed by atoms with van der Waals surface area (Å²) >= 11 is 0. The van der Waals surface area contributed by atoms with Crippen molar-refractivity contribution in [2.45, 2.75) is 53.2 Å². The van der Waals surface area contributed by atoms with Gasteiger partial charge in [0.05, 0.1) is 12.7 Å². The number of amides is 1. The molecule has 1 aromatic heterocycles. The smallest absolute Gasteiger partial charge is 0.272 e. The number of nitrogens with one attached hydrogen (secondary N) is 1. The number of aryl methyl sites for hydroxylation is 1. The molecule has 21 heavy (non-hydrogen) atoms. The molecule has 1 aliphatic heterocycles. The summed E-state index contributed by atoms with van der Waals surface area (Å²) < 4.78 is 7.30. The maximum atomic E-state index is 12.2. The Kier molecular flexibility index (Phi) is 4.56. The van der Waals surface area contributed by atoms with Crippen LogP contribution < -0.4 is 10.1 Å². The van der Waals surface area contributed by atoms with Crippen LogP contribution in [0.4, 0.5) is 0 Å². The number of nitrogens with zero attached hydrogens (tertiary/aromatic N) is 2. The molecule has 6 nitrogen and oxygen atoms in total. The lowest BCUT2D eigenvalue weighted by atomic mass is 9.87. The van der Waals surface area contributed by atoms with Crippen LogP contribution in [0.25, 0.3) is 0 Å². The fourth-order valence-corrected chi connectivity index (χ4v) is 2.31. The normalized spacial score (nSPS) is 16.0. The minimum absolute atomic E-state index is 0.179. The summed E-state index contributed by atoms with van der Waals surface area (Å²) in [5.41, 5.74) is 1.02. The highest BCUT2D eigenvalue weighted by Crippen LogP contribution is 2.25. The number of fused-ring (bicyclic) bond motifs is 1. The Balaban J connectivity index is 1.94. The van der Waals surface area contributed by atoms with E-state index in [0.29, 0.717) is 31.1 Å². The van der Waals surface area contributed by atoms with Crippen LogP contribution in [0.5, 0.6) is 5.88 Å². The van der Waals surface area contributed by atoms with E-state index < -0.39 is 6.10 Å². The van der Waals surface area contributed by atoms with E-state index in [2.05, 4.69) is 10.4 Å². The average Bonchev–Trinajstić information content (AvgIpc) is 2.75. The Labute approximate surface area is 125 Å². The third-order valence-electron chi connectivity index (χ3n) is 3.80. The van der Waals surface area contributed by atoms with Crippen molar-refractivity contribution in [2.75, 3.05) is 13.2 Å². The molecule has 0 radical (unpaired) electrons. The van der Waals surface area contributed by atoms with Crippen LogP contribution in [0.2, 0.25) is 0 Å². The molecule has 1 aliphatic rings. The lowest BCUT2D eigenvalue weighted by Gasteiger charge is -2.25. The molecular weight excluding hydrogens is 270 g/mol. The summed E-state index contributed by atoms with van der Waals surface area (Å²) in [5, 5.41) is 17.1. The van der Waals surface area contributed by atoms with Crippen molar-refractivity contribution in [1.29, 1.82) is 0 Å². The zero-order chi connectivity index (χ0) is 15.6. The Morgan fingerprint density at radius 3 is 2.86 bits per heavy atom. The first kappa shape index (κ1) is 15.8. The topological polar surface area (TPSA) is 76.4 Å². The lowest BCUT2D eigenvalue weighted by molar-refractivity contribution is 0.0550. The highest BCUT2D eigenvalue weighted by Gasteiger charge is 2.24. The first-order valence-corrected chi connectivity index (χ1v) is 7.47. The van der Waals surface area contributed by atoms with Gasteiger partial charge in [0.1, 0.15) is 0 Å². The molecule has 2 N–H and O–H groups in total. The number of aliphatic hydroxyl groups is 1. The van der Waals surface area contributed by atoms with E-state index in [1.54, 1.807) is 4.68 Å². The number of ether oxygens (including phenoxy) is 1. The first-order valence-electron chi connectivity index (χ1n) is 7.47. The third-order valence-corrected chi connectivity index (χ3v) is 3.80. The molecule has 1 unspecified atom stereocenters. The number of aromatic nitrogens is 2. The minimum atomic E-state index is -0.447. The van der Waals surface area contributed by atoms with Gasteiger partial charge in [0.2, 0.25) is 5.88 Å². The van der Waals surface area contributed by atoms with Crippen LogP contribution in [0.1, 0.15) is 49.7 Å². The first-order chi connectivity index (χ1) is 9.80. The second-order valence-corrected chi connectivity index (χ2v) is 6.63. The van der Waals surface area contributed by atoms with Gasteiger partial charge in [-0.15, -0.1) is 0 Å². The van der Waals surface area contributed by atoms with Gasteiger partial charge in [-0.2, -0.15) is 5.10 Å². The molecule has 0 aromatic carbocycles. The van der Waals surface area contributed by atoms with Crippen molar-refractivity contribution in [3.8, 4) is 5.88 Å². The highest BCUT2D eigenvalue weighted by atomic mass is 16.5. The van der Waals surface area contributed by atoms with Crippen molar-refractivity contribution < 1.29 is 14.6 Å². The number of hydrogen-bond acceptors (Lipinski definition) is 4. The number of aliphatic hydroxyl groups excluding tert-OH is 1. The molecule has 0 saturated carbocycles. The van der Waals surface area contributed by atoms with Gasteiger partial charge in [-0.1, -0.05) is 20.8 Å². The molecule has 0 saturated heterocycles. The second kappa shape index (κ2) is 6.05. The fraction of sp³-hybridized carbons (Fsp3) is 0.733. The van der Waals surface area contributed by atoms with Crippen molar-refractivity contribution in [1.82, 2.24) is 15.1 Å². The van der Waals surface area contributed by atoms with Crippen LogP contribution in [-0.4, -0.2) is 40.0 Å².